The van der Waals surface area contributed by atoms with Crippen LogP contribution in [0.5, 0.6) is 0 Å². The molecule has 1 unspecified atom stereocenters. The average Bonchev–Trinajstić information content (AvgIpc) is 3.10. The lowest BCUT2D eigenvalue weighted by Crippen LogP contribution is -2.51. The number of aromatic nitrogens is 3. The summed E-state index contributed by atoms with van der Waals surface area (Å²) in [5.74, 6) is 0.982. The number of carbonyl (C=O) groups excluding carboxylic acids is 1. The van der Waals surface area contributed by atoms with E-state index in [4.69, 9.17) is 4.52 Å². The minimum atomic E-state index is -0.997. The highest BCUT2D eigenvalue weighted by molar-refractivity contribution is 5.78. The van der Waals surface area contributed by atoms with Crippen LogP contribution in [0.25, 0.3) is 0 Å². The molecule has 22 heavy (non-hydrogen) atoms. The highest BCUT2D eigenvalue weighted by Gasteiger charge is 2.36. The van der Waals surface area contributed by atoms with Crippen molar-refractivity contribution in [3.05, 3.63) is 35.7 Å². The summed E-state index contributed by atoms with van der Waals surface area (Å²) in [5, 5.41) is 14.5. The Kier molecular flexibility index (Phi) is 3.98. The Morgan fingerprint density at radius 2 is 2.45 bits per heavy atom. The molecule has 0 aliphatic carbocycles. The van der Waals surface area contributed by atoms with Gasteiger partial charge in [0.25, 0.3) is 0 Å². The van der Waals surface area contributed by atoms with E-state index in [-0.39, 0.29) is 12.3 Å². The van der Waals surface area contributed by atoms with Gasteiger partial charge in [0.1, 0.15) is 0 Å². The SMILES string of the molecule is Cc1noc(CC2(O)CCCN(C(=O)Cc3ccc[nH]3)C2)n1. The largest absolute Gasteiger partial charge is 0.388 e. The monoisotopic (exact) mass is 304 g/mol. The maximum atomic E-state index is 12.4. The van der Waals surface area contributed by atoms with Crippen molar-refractivity contribution in [1.82, 2.24) is 20.0 Å². The minimum Gasteiger partial charge on any atom is -0.388 e. The van der Waals surface area contributed by atoms with E-state index in [2.05, 4.69) is 15.1 Å². The Labute approximate surface area is 128 Å². The van der Waals surface area contributed by atoms with E-state index in [0.717, 1.165) is 12.1 Å². The molecule has 1 amide bonds. The van der Waals surface area contributed by atoms with Crippen LogP contribution in [-0.2, 0) is 17.6 Å². The molecule has 0 radical (unpaired) electrons. The van der Waals surface area contributed by atoms with E-state index >= 15 is 0 Å². The number of β-amino-alcohol motifs (C(OH)–C–C–N with tert-alkyl or cyclic N) is 1. The van der Waals surface area contributed by atoms with E-state index < -0.39 is 5.60 Å². The van der Waals surface area contributed by atoms with E-state index in [1.54, 1.807) is 18.0 Å². The Morgan fingerprint density at radius 3 is 3.14 bits per heavy atom. The first-order chi connectivity index (χ1) is 10.5. The highest BCUT2D eigenvalue weighted by Crippen LogP contribution is 2.25. The maximum Gasteiger partial charge on any atom is 0.229 e. The molecular weight excluding hydrogens is 284 g/mol. The number of hydrogen-bond acceptors (Lipinski definition) is 5. The van der Waals surface area contributed by atoms with Crippen LogP contribution >= 0.6 is 0 Å². The fourth-order valence-corrected chi connectivity index (χ4v) is 2.92. The molecule has 2 N–H and O–H groups in total. The number of carbonyl (C=O) groups is 1. The molecule has 1 aliphatic rings. The van der Waals surface area contributed by atoms with Crippen molar-refractivity contribution < 1.29 is 14.4 Å². The van der Waals surface area contributed by atoms with Gasteiger partial charge in [-0.2, -0.15) is 4.98 Å². The zero-order chi connectivity index (χ0) is 15.6. The number of rotatable bonds is 4. The molecule has 7 heteroatoms. The van der Waals surface area contributed by atoms with Crippen molar-refractivity contribution in [2.75, 3.05) is 13.1 Å². The van der Waals surface area contributed by atoms with Crippen molar-refractivity contribution in [2.45, 2.75) is 38.2 Å². The third-order valence-electron chi connectivity index (χ3n) is 3.96. The average molecular weight is 304 g/mol. The molecule has 7 nitrogen and oxygen atoms in total. The quantitative estimate of drug-likeness (QED) is 0.873. The molecule has 0 saturated carbocycles. The molecule has 3 rings (SSSR count). The predicted octanol–water partition coefficient (Wildman–Crippen LogP) is 0.845. The molecular formula is C15H20N4O3. The number of likely N-dealkylation sites (tertiary alicyclic amines) is 1. The lowest BCUT2D eigenvalue weighted by Gasteiger charge is -2.38. The first kappa shape index (κ1) is 14.8. The second-order valence-electron chi connectivity index (χ2n) is 5.93. The summed E-state index contributed by atoms with van der Waals surface area (Å²) in [6.45, 7) is 2.71. The van der Waals surface area contributed by atoms with Gasteiger partial charge in [-0.3, -0.25) is 4.79 Å². The second kappa shape index (κ2) is 5.92. The van der Waals surface area contributed by atoms with Crippen LogP contribution < -0.4 is 0 Å². The summed E-state index contributed by atoms with van der Waals surface area (Å²) in [4.78, 5) is 21.2. The summed E-state index contributed by atoms with van der Waals surface area (Å²) in [7, 11) is 0. The lowest BCUT2D eigenvalue weighted by molar-refractivity contribution is -0.137. The van der Waals surface area contributed by atoms with Crippen molar-refractivity contribution in [3.63, 3.8) is 0 Å². The molecule has 3 heterocycles. The topological polar surface area (TPSA) is 95.3 Å². The number of nitrogens with one attached hydrogen (secondary N) is 1. The van der Waals surface area contributed by atoms with Crippen LogP contribution in [0, 0.1) is 6.92 Å². The molecule has 1 saturated heterocycles. The molecule has 0 bridgehead atoms. The Bertz CT molecular complexity index is 637. The zero-order valence-corrected chi connectivity index (χ0v) is 12.6. The molecule has 1 fully saturated rings. The fraction of sp³-hybridized carbons (Fsp3) is 0.533. The van der Waals surface area contributed by atoms with Gasteiger partial charge in [0.2, 0.25) is 11.8 Å². The number of piperidine rings is 1. The fourth-order valence-electron chi connectivity index (χ4n) is 2.92. The van der Waals surface area contributed by atoms with Crippen molar-refractivity contribution in [3.8, 4) is 0 Å². The van der Waals surface area contributed by atoms with Gasteiger partial charge in [0, 0.05) is 25.0 Å². The van der Waals surface area contributed by atoms with Crippen LogP contribution in [0.4, 0.5) is 0 Å². The normalized spacial score (nSPS) is 22.0. The highest BCUT2D eigenvalue weighted by atomic mass is 16.5. The first-order valence-corrected chi connectivity index (χ1v) is 7.46. The maximum absolute atomic E-state index is 12.4. The summed E-state index contributed by atoms with van der Waals surface area (Å²) in [6, 6.07) is 3.75. The van der Waals surface area contributed by atoms with Crippen molar-refractivity contribution in [1.29, 1.82) is 0 Å². The van der Waals surface area contributed by atoms with E-state index in [9.17, 15) is 9.90 Å². The van der Waals surface area contributed by atoms with E-state index in [1.165, 1.54) is 0 Å². The Balaban J connectivity index is 1.63. The summed E-state index contributed by atoms with van der Waals surface area (Å²) < 4.78 is 5.08. The smallest absolute Gasteiger partial charge is 0.229 e. The van der Waals surface area contributed by atoms with Crippen LogP contribution in [0.15, 0.2) is 22.9 Å². The molecule has 118 valence electrons. The van der Waals surface area contributed by atoms with Gasteiger partial charge in [0.15, 0.2) is 5.82 Å². The van der Waals surface area contributed by atoms with Gasteiger partial charge in [-0.1, -0.05) is 5.16 Å². The molecule has 0 spiro atoms. The molecule has 2 aromatic heterocycles. The van der Waals surface area contributed by atoms with Gasteiger partial charge < -0.3 is 19.5 Å². The van der Waals surface area contributed by atoms with Crippen LogP contribution in [0.3, 0.4) is 0 Å². The molecule has 0 aromatic carbocycles. The van der Waals surface area contributed by atoms with Crippen molar-refractivity contribution in [2.24, 2.45) is 0 Å². The third-order valence-corrected chi connectivity index (χ3v) is 3.96. The number of aliphatic hydroxyl groups is 1. The van der Waals surface area contributed by atoms with Gasteiger partial charge in [-0.15, -0.1) is 0 Å². The predicted molar refractivity (Wildman–Crippen MR) is 78.0 cm³/mol. The molecule has 1 aliphatic heterocycles. The van der Waals surface area contributed by atoms with Gasteiger partial charge >= 0.3 is 0 Å². The summed E-state index contributed by atoms with van der Waals surface area (Å²) in [5.41, 5.74) is -0.116. The van der Waals surface area contributed by atoms with Crippen LogP contribution in [0.1, 0.15) is 30.3 Å². The Hall–Kier alpha value is -2.15. The Morgan fingerprint density at radius 1 is 1.59 bits per heavy atom. The number of aryl methyl sites for hydroxylation is 1. The van der Waals surface area contributed by atoms with Crippen LogP contribution in [0.2, 0.25) is 0 Å². The standard InChI is InChI=1S/C15H20N4O3/c1-11-17-13(22-18-11)9-15(21)5-3-7-19(10-15)14(20)8-12-4-2-6-16-12/h2,4,6,16,21H,3,5,7-10H2,1H3. The minimum absolute atomic E-state index is 0.0160. The lowest BCUT2D eigenvalue weighted by atomic mass is 9.89. The van der Waals surface area contributed by atoms with Gasteiger partial charge in [-0.05, 0) is 31.9 Å². The number of nitrogens with zero attached hydrogens (tertiary/aromatic N) is 3. The number of hydrogen-bond donors (Lipinski definition) is 2. The number of amides is 1. The van der Waals surface area contributed by atoms with E-state index in [1.807, 2.05) is 12.1 Å². The molecule has 2 aromatic rings. The van der Waals surface area contributed by atoms with Crippen LogP contribution in [-0.4, -0.2) is 49.7 Å². The third kappa shape index (κ3) is 3.36. The number of aromatic amines is 1. The molecule has 1 atom stereocenters. The van der Waals surface area contributed by atoms with Crippen molar-refractivity contribution >= 4 is 5.91 Å². The summed E-state index contributed by atoms with van der Waals surface area (Å²) >= 11 is 0. The first-order valence-electron chi connectivity index (χ1n) is 7.46. The van der Waals surface area contributed by atoms with Gasteiger partial charge in [0.05, 0.1) is 18.4 Å². The van der Waals surface area contributed by atoms with E-state index in [0.29, 0.717) is 37.6 Å². The second-order valence-corrected chi connectivity index (χ2v) is 5.93. The summed E-state index contributed by atoms with van der Waals surface area (Å²) in [6.07, 6.45) is 3.79. The zero-order valence-electron chi connectivity index (χ0n) is 12.6. The van der Waals surface area contributed by atoms with Gasteiger partial charge in [-0.25, -0.2) is 0 Å². The number of H-pyrrole nitrogens is 1.